The lowest BCUT2D eigenvalue weighted by Crippen LogP contribution is -2.34. The minimum atomic E-state index is -0.942. The van der Waals surface area contributed by atoms with Gasteiger partial charge in [0, 0.05) is 13.2 Å². The van der Waals surface area contributed by atoms with E-state index < -0.39 is 5.97 Å². The molecule has 1 heterocycles. The van der Waals surface area contributed by atoms with Crippen molar-refractivity contribution in [3.8, 4) is 6.07 Å². The number of rotatable bonds is 3. The molecule has 0 bridgehead atoms. The van der Waals surface area contributed by atoms with Gasteiger partial charge in [-0.15, -0.1) is 0 Å². The van der Waals surface area contributed by atoms with Crippen LogP contribution >= 0.6 is 0 Å². The van der Waals surface area contributed by atoms with Crippen LogP contribution in [0.4, 0.5) is 5.69 Å². The second kappa shape index (κ2) is 6.90. The summed E-state index contributed by atoms with van der Waals surface area (Å²) in [5, 5.41) is 22.4. The molecule has 1 aliphatic heterocycles. The zero-order chi connectivity index (χ0) is 19.8. The molecule has 0 saturated carbocycles. The molecule has 0 saturated heterocycles. The molecule has 0 aliphatic carbocycles. The second-order valence-electron chi connectivity index (χ2n) is 7.74. The normalized spacial score (nSPS) is 17.5. The van der Waals surface area contributed by atoms with Gasteiger partial charge in [0.15, 0.2) is 0 Å². The van der Waals surface area contributed by atoms with Gasteiger partial charge in [0.1, 0.15) is 0 Å². The number of carboxylic acids is 1. The minimum absolute atomic E-state index is 0.0418. The molecule has 2 aromatic rings. The molecule has 1 unspecified atom stereocenters. The Morgan fingerprint density at radius 3 is 2.15 bits per heavy atom. The van der Waals surface area contributed by atoms with E-state index in [4.69, 9.17) is 5.26 Å². The summed E-state index contributed by atoms with van der Waals surface area (Å²) in [6.45, 7) is 6.46. The van der Waals surface area contributed by atoms with Crippen LogP contribution in [0.25, 0.3) is 0 Å². The highest BCUT2D eigenvalue weighted by Crippen LogP contribution is 2.38. The molecule has 5 nitrogen and oxygen atoms in total. The maximum Gasteiger partial charge on any atom is 0.335 e. The lowest BCUT2D eigenvalue weighted by Gasteiger charge is -2.31. The van der Waals surface area contributed by atoms with Crippen molar-refractivity contribution in [2.24, 2.45) is 0 Å². The molecule has 27 heavy (non-hydrogen) atoms. The van der Waals surface area contributed by atoms with E-state index in [0.717, 1.165) is 11.3 Å². The van der Waals surface area contributed by atoms with Gasteiger partial charge in [-0.3, -0.25) is 5.01 Å². The zero-order valence-corrected chi connectivity index (χ0v) is 16.0. The number of hydrazine groups is 1. The smallest absolute Gasteiger partial charge is 0.335 e. The van der Waals surface area contributed by atoms with Gasteiger partial charge in [0.2, 0.25) is 0 Å². The molecule has 1 atom stereocenters. The molecule has 5 heteroatoms. The Bertz CT molecular complexity index is 916. The molecule has 0 amide bonds. The third-order valence-corrected chi connectivity index (χ3v) is 4.87. The molecular formula is C22H23N3O2. The van der Waals surface area contributed by atoms with Crippen molar-refractivity contribution < 1.29 is 9.90 Å². The summed E-state index contributed by atoms with van der Waals surface area (Å²) < 4.78 is 0. The number of hydrogen-bond acceptors (Lipinski definition) is 4. The van der Waals surface area contributed by atoms with Gasteiger partial charge in [-0.2, -0.15) is 5.26 Å². The van der Waals surface area contributed by atoms with E-state index in [1.807, 2.05) is 41.3 Å². The first-order valence-corrected chi connectivity index (χ1v) is 8.80. The van der Waals surface area contributed by atoms with E-state index in [0.29, 0.717) is 11.1 Å². The lowest BCUT2D eigenvalue weighted by molar-refractivity contribution is -0.133. The topological polar surface area (TPSA) is 67.6 Å². The number of aliphatic carboxylic acids is 1. The SMILES string of the molecule is CN1C(c2ccc(C(C)(C)C)cc2)C(C(=O)O)=CN1c1ccc(C#N)cc1. The highest BCUT2D eigenvalue weighted by atomic mass is 16.4. The van der Waals surface area contributed by atoms with Crippen molar-refractivity contribution in [1.82, 2.24) is 5.01 Å². The first-order valence-electron chi connectivity index (χ1n) is 8.80. The quantitative estimate of drug-likeness (QED) is 0.886. The number of likely N-dealkylation sites (N-methyl/N-ethyl adjacent to an activating group) is 1. The Morgan fingerprint density at radius 1 is 1.07 bits per heavy atom. The first kappa shape index (κ1) is 18.7. The number of hydrogen-bond donors (Lipinski definition) is 1. The van der Waals surface area contributed by atoms with Crippen molar-refractivity contribution in [2.75, 3.05) is 12.1 Å². The molecule has 1 aliphatic rings. The Balaban J connectivity index is 1.97. The third kappa shape index (κ3) is 3.57. The number of nitriles is 1. The largest absolute Gasteiger partial charge is 0.478 e. The van der Waals surface area contributed by atoms with Crippen LogP contribution < -0.4 is 5.01 Å². The highest BCUT2D eigenvalue weighted by Gasteiger charge is 2.36. The number of carbonyl (C=O) groups is 1. The van der Waals surface area contributed by atoms with E-state index in [1.165, 1.54) is 5.56 Å². The van der Waals surface area contributed by atoms with Crippen molar-refractivity contribution in [3.63, 3.8) is 0 Å². The maximum atomic E-state index is 11.9. The predicted octanol–water partition coefficient (Wildman–Crippen LogP) is 4.23. The molecule has 0 aromatic heterocycles. The molecule has 0 radical (unpaired) electrons. The monoisotopic (exact) mass is 361 g/mol. The summed E-state index contributed by atoms with van der Waals surface area (Å²) in [4.78, 5) is 11.9. The molecule has 0 fully saturated rings. The van der Waals surface area contributed by atoms with Crippen LogP contribution in [0.15, 0.2) is 60.3 Å². The molecular weight excluding hydrogens is 338 g/mol. The van der Waals surface area contributed by atoms with Gasteiger partial charge in [-0.05, 0) is 40.8 Å². The summed E-state index contributed by atoms with van der Waals surface area (Å²) >= 11 is 0. The van der Waals surface area contributed by atoms with Crippen LogP contribution in [0.1, 0.15) is 43.5 Å². The number of carboxylic acid groups (broad SMARTS) is 1. The van der Waals surface area contributed by atoms with E-state index in [2.05, 4.69) is 39.0 Å². The Kier molecular flexibility index (Phi) is 4.77. The summed E-state index contributed by atoms with van der Waals surface area (Å²) in [6, 6.07) is 16.9. The molecule has 0 spiro atoms. The van der Waals surface area contributed by atoms with Crippen LogP contribution in [0, 0.1) is 11.3 Å². The van der Waals surface area contributed by atoms with Gasteiger partial charge in [-0.1, -0.05) is 45.0 Å². The van der Waals surface area contributed by atoms with Crippen molar-refractivity contribution in [2.45, 2.75) is 32.2 Å². The van der Waals surface area contributed by atoms with Crippen molar-refractivity contribution in [3.05, 3.63) is 77.0 Å². The average molecular weight is 361 g/mol. The molecule has 3 rings (SSSR count). The Hall–Kier alpha value is -3.10. The standard InChI is InChI=1S/C22H23N3O2/c1-22(2,3)17-9-7-16(8-10-17)20-19(21(26)27)14-25(24(20)4)18-11-5-15(13-23)6-12-18/h5-12,14,20H,1-4H3,(H,26,27). The summed E-state index contributed by atoms with van der Waals surface area (Å²) in [7, 11) is 1.87. The van der Waals surface area contributed by atoms with Crippen molar-refractivity contribution in [1.29, 1.82) is 5.26 Å². The van der Waals surface area contributed by atoms with Crippen LogP contribution in [0.2, 0.25) is 0 Å². The average Bonchev–Trinajstić information content (AvgIpc) is 2.99. The summed E-state index contributed by atoms with van der Waals surface area (Å²) in [5.74, 6) is -0.942. The second-order valence-corrected chi connectivity index (χ2v) is 7.74. The fraction of sp³-hybridized carbons (Fsp3) is 0.273. The van der Waals surface area contributed by atoms with E-state index in [9.17, 15) is 9.90 Å². The maximum absolute atomic E-state index is 11.9. The minimum Gasteiger partial charge on any atom is -0.478 e. The van der Waals surface area contributed by atoms with Gasteiger partial charge in [-0.25, -0.2) is 9.80 Å². The third-order valence-electron chi connectivity index (χ3n) is 4.87. The van der Waals surface area contributed by atoms with Gasteiger partial charge < -0.3 is 5.11 Å². The first-order chi connectivity index (χ1) is 12.7. The van der Waals surface area contributed by atoms with E-state index >= 15 is 0 Å². The van der Waals surface area contributed by atoms with Crippen LogP contribution in [0.5, 0.6) is 0 Å². The molecule has 2 aromatic carbocycles. The van der Waals surface area contributed by atoms with Crippen LogP contribution in [-0.2, 0) is 10.2 Å². The Morgan fingerprint density at radius 2 is 1.67 bits per heavy atom. The lowest BCUT2D eigenvalue weighted by atomic mass is 9.86. The molecule has 138 valence electrons. The highest BCUT2D eigenvalue weighted by molar-refractivity contribution is 5.90. The number of benzene rings is 2. The van der Waals surface area contributed by atoms with Gasteiger partial charge in [0.25, 0.3) is 0 Å². The van der Waals surface area contributed by atoms with Crippen LogP contribution in [0.3, 0.4) is 0 Å². The number of anilines is 1. The van der Waals surface area contributed by atoms with Crippen molar-refractivity contribution >= 4 is 11.7 Å². The summed E-state index contributed by atoms with van der Waals surface area (Å²) in [5.41, 5.74) is 3.86. The van der Waals surface area contributed by atoms with E-state index in [1.54, 1.807) is 18.3 Å². The number of nitrogens with zero attached hydrogens (tertiary/aromatic N) is 3. The fourth-order valence-electron chi connectivity index (χ4n) is 3.30. The molecule has 1 N–H and O–H groups in total. The Labute approximate surface area is 159 Å². The van der Waals surface area contributed by atoms with Gasteiger partial charge in [0.05, 0.1) is 28.9 Å². The van der Waals surface area contributed by atoms with Gasteiger partial charge >= 0.3 is 5.97 Å². The fourth-order valence-corrected chi connectivity index (χ4v) is 3.30. The zero-order valence-electron chi connectivity index (χ0n) is 16.0. The van der Waals surface area contributed by atoms with Crippen LogP contribution in [-0.4, -0.2) is 23.1 Å². The summed E-state index contributed by atoms with van der Waals surface area (Å²) in [6.07, 6.45) is 1.64. The van der Waals surface area contributed by atoms with E-state index in [-0.39, 0.29) is 11.5 Å². The predicted molar refractivity (Wildman–Crippen MR) is 105 cm³/mol.